The molecule has 1 rings (SSSR count). The second-order valence-corrected chi connectivity index (χ2v) is 7.36. The molecule has 0 radical (unpaired) electrons. The number of methoxy groups -OCH3 is 1. The van der Waals surface area contributed by atoms with Gasteiger partial charge in [-0.3, -0.25) is 4.79 Å². The number of ether oxygens (including phenoxy) is 2. The standard InChI is InChI=1S/C20H29NO5/c1-7-13(2)17(19(24)25-6)21-16(22)12-26-18(23)14-8-10-15(11-9-14)20(3,4)5/h8-11,13,17H,7,12H2,1-6H3,(H,21,22)/t13-,17-/m0/s1. The maximum Gasteiger partial charge on any atom is 0.338 e. The van der Waals surface area contributed by atoms with Crippen molar-refractivity contribution in [1.29, 1.82) is 0 Å². The second kappa shape index (κ2) is 9.36. The average molecular weight is 363 g/mol. The van der Waals surface area contributed by atoms with Gasteiger partial charge in [0.05, 0.1) is 12.7 Å². The van der Waals surface area contributed by atoms with E-state index in [0.29, 0.717) is 12.0 Å². The highest BCUT2D eigenvalue weighted by atomic mass is 16.5. The number of amides is 1. The Kier molecular flexibility index (Phi) is 7.80. The Bertz CT molecular complexity index is 631. The van der Waals surface area contributed by atoms with Crippen molar-refractivity contribution in [1.82, 2.24) is 5.32 Å². The van der Waals surface area contributed by atoms with Gasteiger partial charge in [-0.2, -0.15) is 0 Å². The molecule has 6 nitrogen and oxygen atoms in total. The number of hydrogen-bond donors (Lipinski definition) is 1. The number of hydrogen-bond acceptors (Lipinski definition) is 5. The Labute approximate surface area is 155 Å². The summed E-state index contributed by atoms with van der Waals surface area (Å²) in [6, 6.07) is 6.33. The van der Waals surface area contributed by atoms with Gasteiger partial charge in [0.1, 0.15) is 6.04 Å². The Morgan fingerprint density at radius 1 is 1.12 bits per heavy atom. The molecule has 0 bridgehead atoms. The summed E-state index contributed by atoms with van der Waals surface area (Å²) >= 11 is 0. The lowest BCUT2D eigenvalue weighted by Gasteiger charge is -2.21. The van der Waals surface area contributed by atoms with Crippen LogP contribution in [0.3, 0.4) is 0 Å². The maximum absolute atomic E-state index is 12.1. The molecule has 0 heterocycles. The van der Waals surface area contributed by atoms with Gasteiger partial charge in [0.2, 0.25) is 0 Å². The van der Waals surface area contributed by atoms with Crippen LogP contribution in [0.15, 0.2) is 24.3 Å². The van der Waals surface area contributed by atoms with Crippen LogP contribution in [0.2, 0.25) is 0 Å². The molecule has 6 heteroatoms. The minimum atomic E-state index is -0.762. The van der Waals surface area contributed by atoms with Gasteiger partial charge < -0.3 is 14.8 Å². The third-order valence-electron chi connectivity index (χ3n) is 4.31. The Hall–Kier alpha value is -2.37. The molecule has 144 valence electrons. The normalized spacial score (nSPS) is 13.5. The summed E-state index contributed by atoms with van der Waals surface area (Å²) in [5, 5.41) is 2.56. The molecule has 0 fully saturated rings. The summed E-state index contributed by atoms with van der Waals surface area (Å²) in [6.45, 7) is 9.54. The molecule has 1 amide bonds. The van der Waals surface area contributed by atoms with E-state index in [0.717, 1.165) is 5.56 Å². The van der Waals surface area contributed by atoms with Crippen LogP contribution in [0, 0.1) is 5.92 Å². The summed E-state index contributed by atoms with van der Waals surface area (Å²) in [7, 11) is 1.27. The Balaban J connectivity index is 2.63. The van der Waals surface area contributed by atoms with Crippen LogP contribution in [0.5, 0.6) is 0 Å². The van der Waals surface area contributed by atoms with Crippen LogP contribution in [0.25, 0.3) is 0 Å². The fourth-order valence-corrected chi connectivity index (χ4v) is 2.33. The Morgan fingerprint density at radius 2 is 1.69 bits per heavy atom. The minimum Gasteiger partial charge on any atom is -0.467 e. The number of carbonyl (C=O) groups is 3. The smallest absolute Gasteiger partial charge is 0.338 e. The van der Waals surface area contributed by atoms with Gasteiger partial charge in [0.25, 0.3) is 5.91 Å². The SMILES string of the molecule is CC[C@H](C)[C@H](NC(=O)COC(=O)c1ccc(C(C)(C)C)cc1)C(=O)OC. The molecule has 26 heavy (non-hydrogen) atoms. The monoisotopic (exact) mass is 363 g/mol. The van der Waals surface area contributed by atoms with Crippen molar-refractivity contribution < 1.29 is 23.9 Å². The number of rotatable bonds is 7. The lowest BCUT2D eigenvalue weighted by Crippen LogP contribution is -2.47. The van der Waals surface area contributed by atoms with Crippen LogP contribution in [0.1, 0.15) is 57.0 Å². The first-order chi connectivity index (χ1) is 12.1. The van der Waals surface area contributed by atoms with E-state index < -0.39 is 30.5 Å². The quantitative estimate of drug-likeness (QED) is 0.753. The number of esters is 2. The molecule has 0 aliphatic rings. The first-order valence-electron chi connectivity index (χ1n) is 8.75. The molecular weight excluding hydrogens is 334 g/mol. The summed E-state index contributed by atoms with van der Waals surface area (Å²) in [5.41, 5.74) is 1.46. The number of carbonyl (C=O) groups excluding carboxylic acids is 3. The number of nitrogens with one attached hydrogen (secondary N) is 1. The van der Waals surface area contributed by atoms with E-state index in [1.807, 2.05) is 26.0 Å². The fraction of sp³-hybridized carbons (Fsp3) is 0.550. The molecule has 2 atom stereocenters. The highest BCUT2D eigenvalue weighted by molar-refractivity contribution is 5.92. The van der Waals surface area contributed by atoms with E-state index in [9.17, 15) is 14.4 Å². The van der Waals surface area contributed by atoms with Gasteiger partial charge >= 0.3 is 11.9 Å². The van der Waals surface area contributed by atoms with Crippen LogP contribution < -0.4 is 5.32 Å². The predicted molar refractivity (Wildman–Crippen MR) is 98.8 cm³/mol. The van der Waals surface area contributed by atoms with E-state index in [1.54, 1.807) is 12.1 Å². The lowest BCUT2D eigenvalue weighted by molar-refractivity contribution is -0.147. The van der Waals surface area contributed by atoms with E-state index >= 15 is 0 Å². The van der Waals surface area contributed by atoms with Crippen molar-refractivity contribution in [2.75, 3.05) is 13.7 Å². The third kappa shape index (κ3) is 6.17. The minimum absolute atomic E-state index is 0.0127. The summed E-state index contributed by atoms with van der Waals surface area (Å²) in [4.78, 5) is 35.9. The van der Waals surface area contributed by atoms with Crippen molar-refractivity contribution in [3.63, 3.8) is 0 Å². The first-order valence-corrected chi connectivity index (χ1v) is 8.75. The Morgan fingerprint density at radius 3 is 2.15 bits per heavy atom. The summed E-state index contributed by atoms with van der Waals surface area (Å²) < 4.78 is 9.75. The van der Waals surface area contributed by atoms with Gasteiger partial charge in [-0.1, -0.05) is 53.2 Å². The summed E-state index contributed by atoms with van der Waals surface area (Å²) in [5.74, 6) is -1.73. The van der Waals surface area contributed by atoms with E-state index in [1.165, 1.54) is 7.11 Å². The zero-order valence-electron chi connectivity index (χ0n) is 16.4. The highest BCUT2D eigenvalue weighted by Crippen LogP contribution is 2.22. The molecule has 0 unspecified atom stereocenters. The van der Waals surface area contributed by atoms with Crippen molar-refractivity contribution in [3.05, 3.63) is 35.4 Å². The fourth-order valence-electron chi connectivity index (χ4n) is 2.33. The largest absolute Gasteiger partial charge is 0.467 e. The molecule has 0 saturated heterocycles. The van der Waals surface area contributed by atoms with Crippen LogP contribution in [0.4, 0.5) is 0 Å². The second-order valence-electron chi connectivity index (χ2n) is 7.36. The highest BCUT2D eigenvalue weighted by Gasteiger charge is 2.27. The molecule has 0 spiro atoms. The third-order valence-corrected chi connectivity index (χ3v) is 4.31. The maximum atomic E-state index is 12.1. The van der Waals surface area contributed by atoms with Crippen molar-refractivity contribution in [2.24, 2.45) is 5.92 Å². The van der Waals surface area contributed by atoms with Gasteiger partial charge in [-0.15, -0.1) is 0 Å². The topological polar surface area (TPSA) is 81.7 Å². The molecular formula is C20H29NO5. The molecule has 0 aliphatic heterocycles. The zero-order valence-corrected chi connectivity index (χ0v) is 16.4. The molecule has 0 aliphatic carbocycles. The average Bonchev–Trinajstić information content (AvgIpc) is 2.62. The molecule has 1 N–H and O–H groups in total. The van der Waals surface area contributed by atoms with Crippen molar-refractivity contribution in [3.8, 4) is 0 Å². The number of benzene rings is 1. The van der Waals surface area contributed by atoms with E-state index in [4.69, 9.17) is 9.47 Å². The first kappa shape index (κ1) is 21.7. The van der Waals surface area contributed by atoms with Crippen LogP contribution in [-0.4, -0.2) is 37.6 Å². The van der Waals surface area contributed by atoms with Gasteiger partial charge in [-0.25, -0.2) is 9.59 Å². The molecule has 1 aromatic carbocycles. The summed E-state index contributed by atoms with van der Waals surface area (Å²) in [6.07, 6.45) is 0.694. The lowest BCUT2D eigenvalue weighted by atomic mass is 9.87. The van der Waals surface area contributed by atoms with Crippen molar-refractivity contribution in [2.45, 2.75) is 52.5 Å². The molecule has 0 aromatic heterocycles. The van der Waals surface area contributed by atoms with Gasteiger partial charge in [0.15, 0.2) is 6.61 Å². The van der Waals surface area contributed by atoms with Crippen molar-refractivity contribution >= 4 is 17.8 Å². The van der Waals surface area contributed by atoms with Gasteiger partial charge in [-0.05, 0) is 29.0 Å². The van der Waals surface area contributed by atoms with E-state index in [-0.39, 0.29) is 11.3 Å². The molecule has 1 aromatic rings. The van der Waals surface area contributed by atoms with Crippen LogP contribution >= 0.6 is 0 Å². The van der Waals surface area contributed by atoms with E-state index in [2.05, 4.69) is 26.1 Å². The van der Waals surface area contributed by atoms with Crippen LogP contribution in [-0.2, 0) is 24.5 Å². The molecule has 0 saturated carbocycles. The predicted octanol–water partition coefficient (Wildman–Crippen LogP) is 2.84. The zero-order chi connectivity index (χ0) is 19.9. The van der Waals surface area contributed by atoms with Gasteiger partial charge in [0, 0.05) is 0 Å².